The van der Waals surface area contributed by atoms with Crippen LogP contribution in [0.15, 0.2) is 0 Å². The summed E-state index contributed by atoms with van der Waals surface area (Å²) in [5, 5.41) is 13.8. The van der Waals surface area contributed by atoms with Crippen molar-refractivity contribution in [1.29, 1.82) is 0 Å². The maximum Gasteiger partial charge on any atom is 0.223 e. The van der Waals surface area contributed by atoms with Crippen molar-refractivity contribution >= 4 is 11.8 Å². The van der Waals surface area contributed by atoms with E-state index in [1.165, 1.54) is 0 Å². The zero-order valence-corrected chi connectivity index (χ0v) is 9.50. The van der Waals surface area contributed by atoms with E-state index in [1.807, 2.05) is 0 Å². The number of aliphatic hydroxyl groups excluding tert-OH is 1. The maximum absolute atomic E-state index is 11.6. The number of rotatable bonds is 6. The fourth-order valence-electron chi connectivity index (χ4n) is 1.92. The van der Waals surface area contributed by atoms with Crippen LogP contribution in [0.4, 0.5) is 0 Å². The van der Waals surface area contributed by atoms with Gasteiger partial charge in [-0.2, -0.15) is 0 Å². The average molecular weight is 228 g/mol. The molecule has 1 fully saturated rings. The van der Waals surface area contributed by atoms with Crippen molar-refractivity contribution in [1.82, 2.24) is 10.6 Å². The first-order chi connectivity index (χ1) is 7.74. The van der Waals surface area contributed by atoms with Crippen molar-refractivity contribution in [2.75, 3.05) is 19.7 Å². The molecular formula is C11H20N2O3. The molecule has 0 atom stereocenters. The van der Waals surface area contributed by atoms with Gasteiger partial charge in [0, 0.05) is 25.4 Å². The van der Waals surface area contributed by atoms with Crippen LogP contribution in [0.25, 0.3) is 0 Å². The van der Waals surface area contributed by atoms with Gasteiger partial charge in [-0.05, 0) is 12.8 Å². The smallest absolute Gasteiger partial charge is 0.223 e. The molecule has 0 unspecified atom stereocenters. The highest BCUT2D eigenvalue weighted by atomic mass is 16.3. The van der Waals surface area contributed by atoms with Gasteiger partial charge in [0.05, 0.1) is 6.61 Å². The average Bonchev–Trinajstić information content (AvgIpc) is 2.79. The fourth-order valence-corrected chi connectivity index (χ4v) is 1.92. The van der Waals surface area contributed by atoms with Gasteiger partial charge in [0.25, 0.3) is 0 Å². The van der Waals surface area contributed by atoms with Crippen LogP contribution in [-0.4, -0.2) is 36.6 Å². The first kappa shape index (κ1) is 13.0. The van der Waals surface area contributed by atoms with Gasteiger partial charge in [-0.15, -0.1) is 0 Å². The second kappa shape index (κ2) is 7.22. The van der Waals surface area contributed by atoms with E-state index in [1.54, 1.807) is 0 Å². The van der Waals surface area contributed by atoms with Gasteiger partial charge in [-0.25, -0.2) is 0 Å². The van der Waals surface area contributed by atoms with E-state index in [9.17, 15) is 9.59 Å². The molecule has 5 heteroatoms. The Morgan fingerprint density at radius 3 is 2.44 bits per heavy atom. The van der Waals surface area contributed by atoms with E-state index in [0.717, 1.165) is 25.7 Å². The minimum Gasteiger partial charge on any atom is -0.395 e. The summed E-state index contributed by atoms with van der Waals surface area (Å²) in [4.78, 5) is 22.7. The van der Waals surface area contributed by atoms with Gasteiger partial charge >= 0.3 is 0 Å². The Balaban J connectivity index is 2.05. The molecule has 1 aliphatic rings. The summed E-state index contributed by atoms with van der Waals surface area (Å²) >= 11 is 0. The molecule has 0 saturated heterocycles. The van der Waals surface area contributed by atoms with Crippen LogP contribution in [0.1, 0.15) is 32.1 Å². The predicted octanol–water partition coefficient (Wildman–Crippen LogP) is -0.209. The summed E-state index contributed by atoms with van der Waals surface area (Å²) < 4.78 is 0. The summed E-state index contributed by atoms with van der Waals surface area (Å²) in [6.45, 7) is 0.599. The van der Waals surface area contributed by atoms with E-state index < -0.39 is 0 Å². The maximum atomic E-state index is 11.6. The summed E-state index contributed by atoms with van der Waals surface area (Å²) in [6, 6.07) is 0. The quantitative estimate of drug-likeness (QED) is 0.588. The summed E-state index contributed by atoms with van der Waals surface area (Å²) in [5.41, 5.74) is 0. The third-order valence-corrected chi connectivity index (χ3v) is 2.81. The van der Waals surface area contributed by atoms with E-state index >= 15 is 0 Å². The Labute approximate surface area is 95.6 Å². The van der Waals surface area contributed by atoms with Crippen LogP contribution in [0.3, 0.4) is 0 Å². The molecule has 0 aromatic heterocycles. The first-order valence-corrected chi connectivity index (χ1v) is 5.89. The third-order valence-electron chi connectivity index (χ3n) is 2.81. The fraction of sp³-hybridized carbons (Fsp3) is 0.818. The normalized spacial score (nSPS) is 16.1. The second-order valence-electron chi connectivity index (χ2n) is 4.10. The predicted molar refractivity (Wildman–Crippen MR) is 59.7 cm³/mol. The van der Waals surface area contributed by atoms with Crippen LogP contribution < -0.4 is 10.6 Å². The standard InChI is InChI=1S/C11H20N2O3/c14-8-7-12-10(15)5-6-13-11(16)9-3-1-2-4-9/h9,14H,1-8H2,(H,12,15)(H,13,16). The van der Waals surface area contributed by atoms with Crippen LogP contribution in [0, 0.1) is 5.92 Å². The van der Waals surface area contributed by atoms with Crippen LogP contribution >= 0.6 is 0 Å². The lowest BCUT2D eigenvalue weighted by atomic mass is 10.1. The largest absolute Gasteiger partial charge is 0.395 e. The molecule has 0 bridgehead atoms. The molecule has 0 heterocycles. The highest BCUT2D eigenvalue weighted by Crippen LogP contribution is 2.24. The number of aliphatic hydroxyl groups is 1. The summed E-state index contributed by atoms with van der Waals surface area (Å²) in [6.07, 6.45) is 4.49. The van der Waals surface area contributed by atoms with E-state index in [2.05, 4.69) is 10.6 Å². The monoisotopic (exact) mass is 228 g/mol. The van der Waals surface area contributed by atoms with Crippen molar-refractivity contribution in [2.45, 2.75) is 32.1 Å². The highest BCUT2D eigenvalue weighted by Gasteiger charge is 2.22. The number of hydrogen-bond donors (Lipinski definition) is 3. The minimum absolute atomic E-state index is 0.0554. The Bertz CT molecular complexity index is 237. The molecule has 0 aromatic rings. The molecule has 0 radical (unpaired) electrons. The number of carbonyl (C=O) groups is 2. The van der Waals surface area contributed by atoms with Crippen LogP contribution in [0.2, 0.25) is 0 Å². The molecular weight excluding hydrogens is 208 g/mol. The molecule has 0 aromatic carbocycles. The lowest BCUT2D eigenvalue weighted by Gasteiger charge is -2.10. The van der Waals surface area contributed by atoms with Gasteiger partial charge < -0.3 is 15.7 Å². The highest BCUT2D eigenvalue weighted by molar-refractivity contribution is 5.80. The van der Waals surface area contributed by atoms with Crippen molar-refractivity contribution in [3.05, 3.63) is 0 Å². The minimum atomic E-state index is -0.138. The number of nitrogens with one attached hydrogen (secondary N) is 2. The number of hydrogen-bond acceptors (Lipinski definition) is 3. The molecule has 1 aliphatic carbocycles. The zero-order chi connectivity index (χ0) is 11.8. The van der Waals surface area contributed by atoms with Gasteiger partial charge in [0.15, 0.2) is 0 Å². The van der Waals surface area contributed by atoms with E-state index in [-0.39, 0.29) is 37.3 Å². The Morgan fingerprint density at radius 1 is 1.12 bits per heavy atom. The van der Waals surface area contributed by atoms with Gasteiger partial charge in [-0.3, -0.25) is 9.59 Å². The van der Waals surface area contributed by atoms with Crippen molar-refractivity contribution in [2.24, 2.45) is 5.92 Å². The molecule has 5 nitrogen and oxygen atoms in total. The SMILES string of the molecule is O=C(CCNC(=O)C1CCCC1)NCCO. The van der Waals surface area contributed by atoms with E-state index in [0.29, 0.717) is 6.54 Å². The second-order valence-corrected chi connectivity index (χ2v) is 4.10. The van der Waals surface area contributed by atoms with Crippen molar-refractivity contribution < 1.29 is 14.7 Å². The van der Waals surface area contributed by atoms with Crippen molar-refractivity contribution in [3.8, 4) is 0 Å². The third kappa shape index (κ3) is 4.61. The first-order valence-electron chi connectivity index (χ1n) is 5.89. The molecule has 0 aliphatic heterocycles. The summed E-state index contributed by atoms with van der Waals surface area (Å²) in [7, 11) is 0. The number of carbonyl (C=O) groups excluding carboxylic acids is 2. The van der Waals surface area contributed by atoms with Gasteiger partial charge in [-0.1, -0.05) is 12.8 Å². The number of amides is 2. The molecule has 3 N–H and O–H groups in total. The Morgan fingerprint density at radius 2 is 1.81 bits per heavy atom. The van der Waals surface area contributed by atoms with Crippen molar-refractivity contribution in [3.63, 3.8) is 0 Å². The van der Waals surface area contributed by atoms with Crippen LogP contribution in [-0.2, 0) is 9.59 Å². The zero-order valence-electron chi connectivity index (χ0n) is 9.50. The van der Waals surface area contributed by atoms with Gasteiger partial charge in [0.2, 0.25) is 11.8 Å². The molecule has 92 valence electrons. The lowest BCUT2D eigenvalue weighted by Crippen LogP contribution is -2.34. The Hall–Kier alpha value is -1.10. The summed E-state index contributed by atoms with van der Waals surface area (Å²) in [5.74, 6) is 0.0914. The van der Waals surface area contributed by atoms with Gasteiger partial charge in [0.1, 0.15) is 0 Å². The topological polar surface area (TPSA) is 78.4 Å². The molecule has 2 amide bonds. The molecule has 1 rings (SSSR count). The lowest BCUT2D eigenvalue weighted by molar-refractivity contribution is -0.125. The molecule has 0 spiro atoms. The van der Waals surface area contributed by atoms with E-state index in [4.69, 9.17) is 5.11 Å². The Kier molecular flexibility index (Phi) is 5.85. The molecule has 16 heavy (non-hydrogen) atoms. The van der Waals surface area contributed by atoms with Crippen LogP contribution in [0.5, 0.6) is 0 Å². The molecule has 1 saturated carbocycles.